The number of hydrogen-bond donors (Lipinski definition) is 0. The number of hydrogen-bond acceptors (Lipinski definition) is 3. The molecule has 0 N–H and O–H groups in total. The van der Waals surface area contributed by atoms with Crippen molar-refractivity contribution in [2.75, 3.05) is 0 Å². The number of para-hydroxylation sites is 1. The molecule has 0 radical (unpaired) electrons. The topological polar surface area (TPSA) is 30.7 Å². The van der Waals surface area contributed by atoms with Crippen LogP contribution in [0.1, 0.15) is 0 Å². The lowest BCUT2D eigenvalue weighted by atomic mass is 9.94. The molecule has 0 atom stereocenters. The highest BCUT2D eigenvalue weighted by atomic mass is 32.1. The van der Waals surface area contributed by atoms with Crippen molar-refractivity contribution in [2.24, 2.45) is 0 Å². The van der Waals surface area contributed by atoms with Gasteiger partial charge in [0.1, 0.15) is 0 Å². The van der Waals surface area contributed by atoms with E-state index in [0.29, 0.717) is 0 Å². The third-order valence-electron chi connectivity index (χ3n) is 11.4. The van der Waals surface area contributed by atoms with Gasteiger partial charge < -0.3 is 4.57 Å². The van der Waals surface area contributed by atoms with Gasteiger partial charge in [-0.25, -0.2) is 9.97 Å². The molecule has 0 unspecified atom stereocenters. The van der Waals surface area contributed by atoms with Gasteiger partial charge in [-0.2, -0.15) is 0 Å². The minimum Gasteiger partial charge on any atom is -0.309 e. The largest absolute Gasteiger partial charge is 0.309 e. The van der Waals surface area contributed by atoms with Gasteiger partial charge in [0, 0.05) is 53.3 Å². The highest BCUT2D eigenvalue weighted by Crippen LogP contribution is 2.46. The lowest BCUT2D eigenvalue weighted by Gasteiger charge is -2.13. The second-order valence-corrected chi connectivity index (χ2v) is 15.5. The van der Waals surface area contributed by atoms with E-state index in [-0.39, 0.29) is 0 Å². The van der Waals surface area contributed by atoms with Gasteiger partial charge in [-0.15, -0.1) is 11.3 Å². The molecule has 9 aromatic carbocycles. The number of rotatable bonds is 4. The van der Waals surface area contributed by atoms with E-state index < -0.39 is 0 Å². The zero-order chi connectivity index (χ0) is 36.7. The predicted molar refractivity (Wildman–Crippen MR) is 238 cm³/mol. The van der Waals surface area contributed by atoms with Gasteiger partial charge in [-0.05, 0) is 62.6 Å². The highest BCUT2D eigenvalue weighted by molar-refractivity contribution is 7.27. The number of nitrogens with zero attached hydrogens (tertiary/aromatic N) is 3. The molecule has 260 valence electrons. The SMILES string of the molecule is c1ccc(-c2cc(-c3cccc4c3sc3c4ccc4c3c3ccccc3n4-c3ccc4c5ccccc5c5ccccc5c4c3)nc(-c3ccccc3)n2)cc1. The van der Waals surface area contributed by atoms with Crippen molar-refractivity contribution in [3.63, 3.8) is 0 Å². The zero-order valence-corrected chi connectivity index (χ0v) is 31.0. The van der Waals surface area contributed by atoms with E-state index in [1.807, 2.05) is 35.6 Å². The van der Waals surface area contributed by atoms with Crippen LogP contribution in [0.4, 0.5) is 0 Å². The first-order chi connectivity index (χ1) is 27.8. The van der Waals surface area contributed by atoms with Gasteiger partial charge in [-0.1, -0.05) is 158 Å². The van der Waals surface area contributed by atoms with E-state index in [1.165, 1.54) is 74.3 Å². The quantitative estimate of drug-likeness (QED) is 0.169. The Morgan fingerprint density at radius 3 is 1.64 bits per heavy atom. The molecule has 4 heteroatoms. The minimum atomic E-state index is 0.724. The van der Waals surface area contributed by atoms with Crippen LogP contribution in [0, 0.1) is 0 Å². The molecule has 0 aliphatic heterocycles. The van der Waals surface area contributed by atoms with E-state index >= 15 is 0 Å². The zero-order valence-electron chi connectivity index (χ0n) is 30.1. The fraction of sp³-hybridized carbons (Fsp3) is 0. The van der Waals surface area contributed by atoms with Gasteiger partial charge in [0.2, 0.25) is 0 Å². The van der Waals surface area contributed by atoms with Crippen LogP contribution in [0.15, 0.2) is 188 Å². The first-order valence-corrected chi connectivity index (χ1v) is 19.8. The Bertz CT molecular complexity index is 3430. The number of aromatic nitrogens is 3. The van der Waals surface area contributed by atoms with Crippen LogP contribution in [-0.4, -0.2) is 14.5 Å². The molecule has 0 amide bonds. The molecule has 0 aliphatic rings. The Labute approximate surface area is 326 Å². The molecular formula is C52H31N3S. The Balaban J connectivity index is 1.11. The fourth-order valence-corrected chi connectivity index (χ4v) is 10.3. The van der Waals surface area contributed by atoms with Gasteiger partial charge in [0.05, 0.1) is 22.4 Å². The molecule has 12 rings (SSSR count). The van der Waals surface area contributed by atoms with Gasteiger partial charge in [0.25, 0.3) is 0 Å². The number of fused-ring (bicyclic) bond motifs is 13. The van der Waals surface area contributed by atoms with E-state index in [0.717, 1.165) is 39.6 Å². The Morgan fingerprint density at radius 1 is 0.357 bits per heavy atom. The van der Waals surface area contributed by atoms with Crippen LogP contribution in [0.25, 0.3) is 114 Å². The molecule has 0 spiro atoms. The third-order valence-corrected chi connectivity index (χ3v) is 12.7. The lowest BCUT2D eigenvalue weighted by Crippen LogP contribution is -1.95. The summed E-state index contributed by atoms with van der Waals surface area (Å²) in [7, 11) is 0. The number of benzene rings is 9. The van der Waals surface area contributed by atoms with Crippen molar-refractivity contribution in [3.05, 3.63) is 188 Å². The molecule has 0 saturated heterocycles. The van der Waals surface area contributed by atoms with E-state index in [2.05, 4.69) is 168 Å². The molecule has 56 heavy (non-hydrogen) atoms. The van der Waals surface area contributed by atoms with Crippen LogP contribution in [-0.2, 0) is 0 Å². The van der Waals surface area contributed by atoms with Crippen molar-refractivity contribution in [1.29, 1.82) is 0 Å². The molecule has 3 heterocycles. The summed E-state index contributed by atoms with van der Waals surface area (Å²) in [5.41, 5.74) is 8.59. The predicted octanol–water partition coefficient (Wildman–Crippen LogP) is 14.4. The second-order valence-electron chi connectivity index (χ2n) is 14.5. The maximum atomic E-state index is 5.23. The molecule has 0 bridgehead atoms. The van der Waals surface area contributed by atoms with E-state index in [4.69, 9.17) is 9.97 Å². The summed E-state index contributed by atoms with van der Waals surface area (Å²) in [6, 6.07) is 67.6. The Hall–Kier alpha value is -7.14. The fourth-order valence-electron chi connectivity index (χ4n) is 8.88. The van der Waals surface area contributed by atoms with Crippen LogP contribution >= 0.6 is 11.3 Å². The summed E-state index contributed by atoms with van der Waals surface area (Å²) in [5, 5.41) is 12.7. The van der Waals surface area contributed by atoms with Crippen molar-refractivity contribution in [3.8, 4) is 39.6 Å². The summed E-state index contributed by atoms with van der Waals surface area (Å²) in [6.07, 6.45) is 0. The average molecular weight is 730 g/mol. The first kappa shape index (κ1) is 31.2. The first-order valence-electron chi connectivity index (χ1n) is 19.0. The minimum absolute atomic E-state index is 0.724. The van der Waals surface area contributed by atoms with E-state index in [9.17, 15) is 0 Å². The summed E-state index contributed by atoms with van der Waals surface area (Å²) in [6.45, 7) is 0. The molecule has 0 aliphatic carbocycles. The average Bonchev–Trinajstić information content (AvgIpc) is 3.83. The number of thiophene rings is 1. The molecule has 12 aromatic rings. The van der Waals surface area contributed by atoms with Gasteiger partial charge >= 0.3 is 0 Å². The summed E-state index contributed by atoms with van der Waals surface area (Å²) < 4.78 is 4.98. The van der Waals surface area contributed by atoms with Gasteiger partial charge in [-0.3, -0.25) is 0 Å². The molecule has 3 aromatic heterocycles. The van der Waals surface area contributed by atoms with Crippen molar-refractivity contribution in [1.82, 2.24) is 14.5 Å². The second kappa shape index (κ2) is 12.2. The van der Waals surface area contributed by atoms with Crippen LogP contribution in [0.5, 0.6) is 0 Å². The lowest BCUT2D eigenvalue weighted by molar-refractivity contribution is 1.19. The molecule has 0 fully saturated rings. The smallest absolute Gasteiger partial charge is 0.160 e. The molecular weight excluding hydrogens is 699 g/mol. The van der Waals surface area contributed by atoms with Gasteiger partial charge in [0.15, 0.2) is 5.82 Å². The Kier molecular flexibility index (Phi) is 6.80. The highest BCUT2D eigenvalue weighted by Gasteiger charge is 2.21. The Morgan fingerprint density at radius 2 is 0.911 bits per heavy atom. The molecule has 3 nitrogen and oxygen atoms in total. The normalized spacial score (nSPS) is 11.9. The van der Waals surface area contributed by atoms with Crippen LogP contribution < -0.4 is 0 Å². The van der Waals surface area contributed by atoms with Crippen LogP contribution in [0.2, 0.25) is 0 Å². The van der Waals surface area contributed by atoms with Crippen molar-refractivity contribution in [2.45, 2.75) is 0 Å². The van der Waals surface area contributed by atoms with Crippen molar-refractivity contribution >= 4 is 85.6 Å². The van der Waals surface area contributed by atoms with Crippen molar-refractivity contribution < 1.29 is 0 Å². The summed E-state index contributed by atoms with van der Waals surface area (Å²) >= 11 is 1.87. The standard InChI is InChI=1S/C52H31N3S/c1-3-14-32(15-4-1)45-31-46(54-52(53-45)33-16-5-2-6-17-33)42-24-13-23-40-41-28-29-48-49(51(41)56-50(40)42)43-22-11-12-25-47(43)55(48)34-26-27-39-37-20-8-7-18-35(37)36-19-9-10-21-38(36)44(39)30-34/h1-31H. The maximum absolute atomic E-state index is 5.23. The molecule has 0 saturated carbocycles. The van der Waals surface area contributed by atoms with E-state index in [1.54, 1.807) is 0 Å². The summed E-state index contributed by atoms with van der Waals surface area (Å²) in [4.78, 5) is 10.3. The van der Waals surface area contributed by atoms with Crippen LogP contribution in [0.3, 0.4) is 0 Å². The maximum Gasteiger partial charge on any atom is 0.160 e. The third kappa shape index (κ3) is 4.63. The monoisotopic (exact) mass is 729 g/mol. The summed E-state index contributed by atoms with van der Waals surface area (Å²) in [5.74, 6) is 0.724.